The van der Waals surface area contributed by atoms with Crippen LogP contribution in [0.3, 0.4) is 0 Å². The minimum absolute atomic E-state index is 0.0702. The first-order chi connectivity index (χ1) is 7.38. The van der Waals surface area contributed by atoms with Gasteiger partial charge in [0.1, 0.15) is 0 Å². The first-order valence-electron chi connectivity index (χ1n) is 5.60. The number of carboxylic acids is 1. The Labute approximate surface area is 99.5 Å². The molecule has 0 fully saturated rings. The molecule has 0 radical (unpaired) electrons. The highest BCUT2D eigenvalue weighted by atomic mass is 32.1. The number of hydrogen-bond acceptors (Lipinski definition) is 3. The van der Waals surface area contributed by atoms with Crippen molar-refractivity contribution in [1.29, 1.82) is 0 Å². The fourth-order valence-corrected chi connectivity index (χ4v) is 3.15. The molecule has 1 N–H and O–H groups in total. The first-order valence-corrected chi connectivity index (χ1v) is 6.41. The molecule has 2 rings (SSSR count). The molecular formula is C12H17NO2S. The summed E-state index contributed by atoms with van der Waals surface area (Å²) in [5, 5.41) is 10.1. The topological polar surface area (TPSA) is 50.2 Å². The predicted octanol–water partition coefficient (Wildman–Crippen LogP) is 2.63. The number of carboxylic acid groups (broad SMARTS) is 1. The highest BCUT2D eigenvalue weighted by Gasteiger charge is 2.29. The first kappa shape index (κ1) is 11.6. The fourth-order valence-electron chi connectivity index (χ4n) is 1.91. The molecule has 4 heteroatoms. The largest absolute Gasteiger partial charge is 0.481 e. The Morgan fingerprint density at radius 1 is 1.50 bits per heavy atom. The molecule has 0 spiro atoms. The van der Waals surface area contributed by atoms with Gasteiger partial charge in [0.25, 0.3) is 0 Å². The van der Waals surface area contributed by atoms with Crippen molar-refractivity contribution in [2.45, 2.75) is 45.4 Å². The molecule has 1 aromatic rings. The second-order valence-electron chi connectivity index (χ2n) is 5.42. The van der Waals surface area contributed by atoms with Gasteiger partial charge in [-0.2, -0.15) is 0 Å². The van der Waals surface area contributed by atoms with Crippen LogP contribution in [0.5, 0.6) is 0 Å². The van der Waals surface area contributed by atoms with Gasteiger partial charge in [0.2, 0.25) is 0 Å². The van der Waals surface area contributed by atoms with Crippen LogP contribution in [0.4, 0.5) is 0 Å². The Bertz CT molecular complexity index is 417. The maximum absolute atomic E-state index is 11.0. The van der Waals surface area contributed by atoms with Gasteiger partial charge in [-0.05, 0) is 19.3 Å². The molecule has 0 aliphatic heterocycles. The van der Waals surface area contributed by atoms with E-state index in [-0.39, 0.29) is 11.3 Å². The number of hydrogen-bond donors (Lipinski definition) is 1. The standard InChI is InChI=1S/C12H17NO2S/c1-12(2,3)11-13-8-5-4-7(10(14)15)6-9(8)16-11/h7H,4-6H2,1-3H3,(H,14,15). The maximum Gasteiger partial charge on any atom is 0.306 e. The zero-order valence-corrected chi connectivity index (χ0v) is 10.7. The lowest BCUT2D eigenvalue weighted by Crippen LogP contribution is -2.21. The number of rotatable bonds is 1. The van der Waals surface area contributed by atoms with Gasteiger partial charge in [0.15, 0.2) is 0 Å². The zero-order valence-electron chi connectivity index (χ0n) is 9.91. The Morgan fingerprint density at radius 2 is 2.19 bits per heavy atom. The number of fused-ring (bicyclic) bond motifs is 1. The van der Waals surface area contributed by atoms with E-state index in [4.69, 9.17) is 5.11 Å². The lowest BCUT2D eigenvalue weighted by atomic mass is 9.91. The molecule has 3 nitrogen and oxygen atoms in total. The smallest absolute Gasteiger partial charge is 0.306 e. The van der Waals surface area contributed by atoms with Gasteiger partial charge in [-0.1, -0.05) is 20.8 Å². The van der Waals surface area contributed by atoms with E-state index in [2.05, 4.69) is 25.8 Å². The van der Waals surface area contributed by atoms with Crippen molar-refractivity contribution in [2.75, 3.05) is 0 Å². The molecule has 88 valence electrons. The van der Waals surface area contributed by atoms with Gasteiger partial charge >= 0.3 is 5.97 Å². The highest BCUT2D eigenvalue weighted by Crippen LogP contribution is 2.34. The quantitative estimate of drug-likeness (QED) is 0.819. The number of carbonyl (C=O) groups is 1. The maximum atomic E-state index is 11.0. The van der Waals surface area contributed by atoms with E-state index < -0.39 is 5.97 Å². The van der Waals surface area contributed by atoms with Crippen molar-refractivity contribution in [2.24, 2.45) is 5.92 Å². The third-order valence-electron chi connectivity index (χ3n) is 2.93. The molecule has 0 saturated carbocycles. The molecule has 1 aromatic heterocycles. The van der Waals surface area contributed by atoms with E-state index in [9.17, 15) is 4.79 Å². The van der Waals surface area contributed by atoms with Crippen LogP contribution in [-0.4, -0.2) is 16.1 Å². The molecule has 1 aliphatic rings. The molecule has 1 heterocycles. The molecule has 0 aromatic carbocycles. The van der Waals surface area contributed by atoms with Gasteiger partial charge in [-0.15, -0.1) is 11.3 Å². The number of thiazole rings is 1. The highest BCUT2D eigenvalue weighted by molar-refractivity contribution is 7.11. The summed E-state index contributed by atoms with van der Waals surface area (Å²) in [5.74, 6) is -0.878. The minimum atomic E-state index is -0.670. The molecule has 0 bridgehead atoms. The summed E-state index contributed by atoms with van der Waals surface area (Å²) in [6.45, 7) is 6.43. The molecular weight excluding hydrogens is 222 g/mol. The predicted molar refractivity (Wildman–Crippen MR) is 64.0 cm³/mol. The van der Waals surface area contributed by atoms with E-state index in [0.29, 0.717) is 6.42 Å². The number of aryl methyl sites for hydroxylation is 1. The van der Waals surface area contributed by atoms with Crippen LogP contribution < -0.4 is 0 Å². The van der Waals surface area contributed by atoms with Crippen LogP contribution in [0, 0.1) is 5.92 Å². The van der Waals surface area contributed by atoms with Gasteiger partial charge < -0.3 is 5.11 Å². The van der Waals surface area contributed by atoms with E-state index in [1.165, 1.54) is 4.88 Å². The number of nitrogens with zero attached hydrogens (tertiary/aromatic N) is 1. The molecule has 1 aliphatic carbocycles. The monoisotopic (exact) mass is 239 g/mol. The van der Waals surface area contributed by atoms with Crippen LogP contribution in [-0.2, 0) is 23.1 Å². The zero-order chi connectivity index (χ0) is 11.9. The van der Waals surface area contributed by atoms with Gasteiger partial charge in [-0.3, -0.25) is 4.79 Å². The fraction of sp³-hybridized carbons (Fsp3) is 0.667. The second kappa shape index (κ2) is 3.84. The Kier molecular flexibility index (Phi) is 2.78. The SMILES string of the molecule is CC(C)(C)c1nc2c(s1)CC(C(=O)O)CC2. The summed E-state index contributed by atoms with van der Waals surface area (Å²) in [7, 11) is 0. The van der Waals surface area contributed by atoms with Crippen molar-refractivity contribution in [3.63, 3.8) is 0 Å². The molecule has 0 amide bonds. The Morgan fingerprint density at radius 3 is 2.75 bits per heavy atom. The van der Waals surface area contributed by atoms with Gasteiger partial charge in [0.05, 0.1) is 16.6 Å². The molecule has 16 heavy (non-hydrogen) atoms. The Balaban J connectivity index is 2.27. The lowest BCUT2D eigenvalue weighted by molar-refractivity contribution is -0.142. The lowest BCUT2D eigenvalue weighted by Gasteiger charge is -2.16. The summed E-state index contributed by atoms with van der Waals surface area (Å²) in [6.07, 6.45) is 2.22. The van der Waals surface area contributed by atoms with Gasteiger partial charge in [-0.25, -0.2) is 4.98 Å². The number of aliphatic carboxylic acids is 1. The van der Waals surface area contributed by atoms with Crippen LogP contribution >= 0.6 is 11.3 Å². The summed E-state index contributed by atoms with van der Waals surface area (Å²) in [5.41, 5.74) is 1.20. The third kappa shape index (κ3) is 2.12. The number of aromatic nitrogens is 1. The van der Waals surface area contributed by atoms with E-state index in [1.54, 1.807) is 11.3 Å². The molecule has 1 unspecified atom stereocenters. The third-order valence-corrected chi connectivity index (χ3v) is 4.48. The summed E-state index contributed by atoms with van der Waals surface area (Å²) in [4.78, 5) is 16.8. The van der Waals surface area contributed by atoms with Crippen molar-refractivity contribution < 1.29 is 9.90 Å². The molecule has 0 saturated heterocycles. The van der Waals surface area contributed by atoms with E-state index >= 15 is 0 Å². The van der Waals surface area contributed by atoms with Crippen molar-refractivity contribution in [1.82, 2.24) is 4.98 Å². The van der Waals surface area contributed by atoms with Crippen LogP contribution in [0.1, 0.15) is 42.8 Å². The van der Waals surface area contributed by atoms with Crippen LogP contribution in [0.2, 0.25) is 0 Å². The van der Waals surface area contributed by atoms with E-state index in [1.807, 2.05) is 0 Å². The van der Waals surface area contributed by atoms with Crippen molar-refractivity contribution in [3.8, 4) is 0 Å². The van der Waals surface area contributed by atoms with Crippen LogP contribution in [0.15, 0.2) is 0 Å². The average Bonchev–Trinajstić information content (AvgIpc) is 2.58. The molecule has 1 atom stereocenters. The summed E-state index contributed by atoms with van der Waals surface area (Å²) in [6, 6.07) is 0. The average molecular weight is 239 g/mol. The van der Waals surface area contributed by atoms with E-state index in [0.717, 1.165) is 23.5 Å². The van der Waals surface area contributed by atoms with Crippen molar-refractivity contribution >= 4 is 17.3 Å². The second-order valence-corrected chi connectivity index (χ2v) is 6.50. The summed E-state index contributed by atoms with van der Waals surface area (Å²) < 4.78 is 0. The summed E-state index contributed by atoms with van der Waals surface area (Å²) >= 11 is 1.69. The minimum Gasteiger partial charge on any atom is -0.481 e. The van der Waals surface area contributed by atoms with Crippen LogP contribution in [0.25, 0.3) is 0 Å². The van der Waals surface area contributed by atoms with Gasteiger partial charge in [0, 0.05) is 10.3 Å². The normalized spacial score (nSPS) is 20.6. The van der Waals surface area contributed by atoms with Crippen molar-refractivity contribution in [3.05, 3.63) is 15.6 Å². The Hall–Kier alpha value is -0.900.